The number of piperazine rings is 1. The number of anilines is 1. The fourth-order valence-electron chi connectivity index (χ4n) is 3.00. The second-order valence-corrected chi connectivity index (χ2v) is 7.80. The number of nitrogens with zero attached hydrogens (tertiary/aromatic N) is 4. The zero-order chi connectivity index (χ0) is 18.9. The normalized spacial score (nSPS) is 15.8. The Kier molecular flexibility index (Phi) is 7.47. The summed E-state index contributed by atoms with van der Waals surface area (Å²) in [6.07, 6.45) is 2.97. The van der Waals surface area contributed by atoms with Gasteiger partial charge in [-0.3, -0.25) is 0 Å². The minimum atomic E-state index is 0.629. The molecule has 1 aliphatic rings. The number of hydrogen-bond acceptors (Lipinski definition) is 5. The van der Waals surface area contributed by atoms with Gasteiger partial charge in [0.2, 0.25) is 0 Å². The van der Waals surface area contributed by atoms with Gasteiger partial charge < -0.3 is 20.4 Å². The predicted molar refractivity (Wildman–Crippen MR) is 115 cm³/mol. The molecule has 1 fully saturated rings. The summed E-state index contributed by atoms with van der Waals surface area (Å²) in [5.41, 5.74) is 1.13. The van der Waals surface area contributed by atoms with E-state index in [9.17, 15) is 0 Å². The van der Waals surface area contributed by atoms with E-state index >= 15 is 0 Å². The van der Waals surface area contributed by atoms with Crippen molar-refractivity contribution in [2.75, 3.05) is 51.2 Å². The lowest BCUT2D eigenvalue weighted by atomic mass is 10.2. The standard InChI is InChI=1S/C20H30N6S/c1-3-21-20(22-9-8-18-5-4-14-27-18)24-16-17-6-7-19(23-15-17)26-12-10-25(2)11-13-26/h4-7,14-15H,3,8-13,16H2,1-2H3,(H2,21,22,24). The highest BCUT2D eigenvalue weighted by molar-refractivity contribution is 7.09. The van der Waals surface area contributed by atoms with Crippen LogP contribution >= 0.6 is 11.3 Å². The van der Waals surface area contributed by atoms with Crippen molar-refractivity contribution in [3.63, 3.8) is 0 Å². The van der Waals surface area contributed by atoms with E-state index in [0.717, 1.165) is 63.0 Å². The maximum atomic E-state index is 4.69. The van der Waals surface area contributed by atoms with E-state index < -0.39 is 0 Å². The van der Waals surface area contributed by atoms with Crippen LogP contribution in [0, 0.1) is 0 Å². The van der Waals surface area contributed by atoms with Crippen molar-refractivity contribution in [2.24, 2.45) is 4.99 Å². The van der Waals surface area contributed by atoms with Crippen LogP contribution in [0.5, 0.6) is 0 Å². The molecule has 0 radical (unpaired) electrons. The highest BCUT2D eigenvalue weighted by Crippen LogP contribution is 2.14. The molecule has 0 aromatic carbocycles. The van der Waals surface area contributed by atoms with Crippen LogP contribution in [0.15, 0.2) is 40.8 Å². The number of nitrogens with one attached hydrogen (secondary N) is 2. The summed E-state index contributed by atoms with van der Waals surface area (Å²) in [5, 5.41) is 8.84. The first-order chi connectivity index (χ1) is 13.2. The molecule has 0 spiro atoms. The minimum absolute atomic E-state index is 0.629. The summed E-state index contributed by atoms with van der Waals surface area (Å²) in [7, 11) is 2.17. The number of pyridine rings is 1. The van der Waals surface area contributed by atoms with Crippen LogP contribution in [0.1, 0.15) is 17.4 Å². The fraction of sp³-hybridized carbons (Fsp3) is 0.500. The van der Waals surface area contributed by atoms with Gasteiger partial charge in [0.15, 0.2) is 5.96 Å². The molecule has 0 aliphatic carbocycles. The van der Waals surface area contributed by atoms with E-state index in [4.69, 9.17) is 4.99 Å². The molecule has 146 valence electrons. The average Bonchev–Trinajstić information content (AvgIpc) is 3.21. The summed E-state index contributed by atoms with van der Waals surface area (Å²) in [6, 6.07) is 8.52. The summed E-state index contributed by atoms with van der Waals surface area (Å²) in [6.45, 7) is 8.72. The Hall–Kier alpha value is -2.12. The van der Waals surface area contributed by atoms with Crippen LogP contribution in [-0.2, 0) is 13.0 Å². The summed E-state index contributed by atoms with van der Waals surface area (Å²) in [4.78, 5) is 15.4. The highest BCUT2D eigenvalue weighted by Gasteiger charge is 2.14. The van der Waals surface area contributed by atoms with E-state index in [1.165, 1.54) is 4.88 Å². The quantitative estimate of drug-likeness (QED) is 0.564. The second-order valence-electron chi connectivity index (χ2n) is 6.77. The van der Waals surface area contributed by atoms with Gasteiger partial charge >= 0.3 is 0 Å². The van der Waals surface area contributed by atoms with Crippen LogP contribution in [0.4, 0.5) is 5.82 Å². The number of guanidine groups is 1. The summed E-state index contributed by atoms with van der Waals surface area (Å²) >= 11 is 1.80. The van der Waals surface area contributed by atoms with Gasteiger partial charge in [-0.25, -0.2) is 9.98 Å². The predicted octanol–water partition coefficient (Wildman–Crippen LogP) is 2.19. The van der Waals surface area contributed by atoms with Crippen LogP contribution in [0.25, 0.3) is 0 Å². The van der Waals surface area contributed by atoms with Gasteiger partial charge in [-0.2, -0.15) is 0 Å². The fourth-order valence-corrected chi connectivity index (χ4v) is 3.71. The Morgan fingerprint density at radius 2 is 2.04 bits per heavy atom. The Bertz CT molecular complexity index is 690. The monoisotopic (exact) mass is 386 g/mol. The molecule has 3 rings (SSSR count). The smallest absolute Gasteiger partial charge is 0.191 e. The number of rotatable bonds is 7. The largest absolute Gasteiger partial charge is 0.357 e. The van der Waals surface area contributed by atoms with Crippen LogP contribution < -0.4 is 15.5 Å². The summed E-state index contributed by atoms with van der Waals surface area (Å²) in [5.74, 6) is 1.93. The lowest BCUT2D eigenvalue weighted by Crippen LogP contribution is -2.44. The molecule has 0 atom stereocenters. The molecule has 7 heteroatoms. The molecular formula is C20H30N6S. The third kappa shape index (κ3) is 6.22. The SMILES string of the molecule is CCNC(=NCc1ccc(N2CCN(C)CC2)nc1)NCCc1cccs1. The Morgan fingerprint density at radius 3 is 2.70 bits per heavy atom. The lowest BCUT2D eigenvalue weighted by molar-refractivity contribution is 0.312. The van der Waals surface area contributed by atoms with E-state index in [1.807, 2.05) is 6.20 Å². The first-order valence-electron chi connectivity index (χ1n) is 9.67. The van der Waals surface area contributed by atoms with Crippen LogP contribution in [0.2, 0.25) is 0 Å². The number of aromatic nitrogens is 1. The molecule has 2 aromatic heterocycles. The van der Waals surface area contributed by atoms with Crippen molar-refractivity contribution < 1.29 is 0 Å². The zero-order valence-corrected chi connectivity index (χ0v) is 17.1. The first-order valence-corrected chi connectivity index (χ1v) is 10.6. The van der Waals surface area contributed by atoms with E-state index in [-0.39, 0.29) is 0 Å². The molecule has 1 aliphatic heterocycles. The number of aliphatic imine (C=N–C) groups is 1. The summed E-state index contributed by atoms with van der Waals surface area (Å²) < 4.78 is 0. The van der Waals surface area contributed by atoms with Crippen molar-refractivity contribution >= 4 is 23.1 Å². The number of likely N-dealkylation sites (N-methyl/N-ethyl adjacent to an activating group) is 1. The highest BCUT2D eigenvalue weighted by atomic mass is 32.1. The van der Waals surface area contributed by atoms with Gasteiger partial charge in [0.05, 0.1) is 6.54 Å². The number of hydrogen-bond donors (Lipinski definition) is 2. The molecule has 2 aromatic rings. The molecule has 0 unspecified atom stereocenters. The van der Waals surface area contributed by atoms with Gasteiger partial charge in [-0.1, -0.05) is 12.1 Å². The van der Waals surface area contributed by atoms with Crippen molar-refractivity contribution in [1.29, 1.82) is 0 Å². The molecule has 3 heterocycles. The van der Waals surface area contributed by atoms with E-state index in [2.05, 4.69) is 69.0 Å². The lowest BCUT2D eigenvalue weighted by Gasteiger charge is -2.33. The maximum Gasteiger partial charge on any atom is 0.191 e. The Balaban J connectivity index is 1.50. The van der Waals surface area contributed by atoms with Crippen LogP contribution in [0.3, 0.4) is 0 Å². The molecule has 0 bridgehead atoms. The molecule has 0 amide bonds. The van der Waals surface area contributed by atoms with Crippen molar-refractivity contribution in [3.8, 4) is 0 Å². The average molecular weight is 387 g/mol. The van der Waals surface area contributed by atoms with Gasteiger partial charge in [0, 0.05) is 50.3 Å². The molecule has 27 heavy (non-hydrogen) atoms. The zero-order valence-electron chi connectivity index (χ0n) is 16.3. The Morgan fingerprint density at radius 1 is 1.19 bits per heavy atom. The first kappa shape index (κ1) is 19.6. The third-order valence-electron chi connectivity index (χ3n) is 4.64. The Labute approximate surface area is 166 Å². The number of thiophene rings is 1. The maximum absolute atomic E-state index is 4.69. The van der Waals surface area contributed by atoms with E-state index in [1.54, 1.807) is 11.3 Å². The minimum Gasteiger partial charge on any atom is -0.357 e. The molecule has 1 saturated heterocycles. The van der Waals surface area contributed by atoms with E-state index in [0.29, 0.717) is 6.54 Å². The van der Waals surface area contributed by atoms with Crippen molar-refractivity contribution in [1.82, 2.24) is 20.5 Å². The topological polar surface area (TPSA) is 55.8 Å². The van der Waals surface area contributed by atoms with Crippen molar-refractivity contribution in [3.05, 3.63) is 46.3 Å². The van der Waals surface area contributed by atoms with Crippen LogP contribution in [-0.4, -0.2) is 62.2 Å². The van der Waals surface area contributed by atoms with Gasteiger partial charge in [-0.05, 0) is 43.5 Å². The molecule has 2 N–H and O–H groups in total. The van der Waals surface area contributed by atoms with Crippen molar-refractivity contribution in [2.45, 2.75) is 19.9 Å². The molecular weight excluding hydrogens is 356 g/mol. The van der Waals surface area contributed by atoms with Gasteiger partial charge in [0.25, 0.3) is 0 Å². The van der Waals surface area contributed by atoms with Gasteiger partial charge in [0.1, 0.15) is 5.82 Å². The second kappa shape index (κ2) is 10.3. The van der Waals surface area contributed by atoms with Gasteiger partial charge in [-0.15, -0.1) is 11.3 Å². The molecule has 0 saturated carbocycles. The molecule has 6 nitrogen and oxygen atoms in total. The third-order valence-corrected chi connectivity index (χ3v) is 5.58.